The van der Waals surface area contributed by atoms with Gasteiger partial charge in [-0.2, -0.15) is 0 Å². The van der Waals surface area contributed by atoms with Gasteiger partial charge in [-0.3, -0.25) is 0 Å². The second-order valence-electron chi connectivity index (χ2n) is 2.25. The number of phenolic OH excluding ortho intramolecular Hbond substituents is 1. The molecule has 1 N–H and O–H groups in total. The lowest BCUT2D eigenvalue weighted by Gasteiger charge is -2.06. The van der Waals surface area contributed by atoms with Crippen LogP contribution in [0.3, 0.4) is 0 Å². The van der Waals surface area contributed by atoms with Gasteiger partial charge in [-0.25, -0.2) is 0 Å². The molecule has 0 spiro atoms. The van der Waals surface area contributed by atoms with Crippen molar-refractivity contribution in [3.8, 4) is 11.5 Å². The number of phenols is 1. The molecule has 60 valence electrons. The van der Waals surface area contributed by atoms with E-state index >= 15 is 0 Å². The van der Waals surface area contributed by atoms with Crippen LogP contribution in [0, 0.1) is 6.92 Å². The zero-order valence-corrected chi connectivity index (χ0v) is 7.97. The fourth-order valence-corrected chi connectivity index (χ4v) is 1.41. The van der Waals surface area contributed by atoms with Crippen LogP contribution in [0.15, 0.2) is 16.6 Å². The summed E-state index contributed by atoms with van der Waals surface area (Å²) < 4.78 is 5.59. The van der Waals surface area contributed by atoms with Crippen LogP contribution in [0.5, 0.6) is 11.5 Å². The molecule has 0 aliphatic rings. The van der Waals surface area contributed by atoms with Crippen LogP contribution in [-0.2, 0) is 0 Å². The lowest BCUT2D eigenvalue weighted by atomic mass is 10.2. The monoisotopic (exact) mass is 216 g/mol. The van der Waals surface area contributed by atoms with Crippen molar-refractivity contribution < 1.29 is 9.84 Å². The van der Waals surface area contributed by atoms with Crippen LogP contribution in [0.2, 0.25) is 0 Å². The summed E-state index contributed by atoms with van der Waals surface area (Å²) in [7, 11) is 1.56. The highest BCUT2D eigenvalue weighted by Gasteiger charge is 2.06. The van der Waals surface area contributed by atoms with Crippen LogP contribution in [-0.4, -0.2) is 12.2 Å². The van der Waals surface area contributed by atoms with Crippen LogP contribution in [0.4, 0.5) is 0 Å². The SMILES string of the molecule is COc1ccc(C)c(O)c1Br. The molecule has 0 atom stereocenters. The summed E-state index contributed by atoms with van der Waals surface area (Å²) in [6.07, 6.45) is 0. The molecule has 3 heteroatoms. The highest BCUT2D eigenvalue weighted by atomic mass is 79.9. The molecule has 1 aromatic carbocycles. The van der Waals surface area contributed by atoms with Gasteiger partial charge < -0.3 is 9.84 Å². The van der Waals surface area contributed by atoms with E-state index in [9.17, 15) is 5.11 Å². The summed E-state index contributed by atoms with van der Waals surface area (Å²) >= 11 is 3.22. The fourth-order valence-electron chi connectivity index (χ4n) is 0.800. The van der Waals surface area contributed by atoms with E-state index in [-0.39, 0.29) is 5.75 Å². The largest absolute Gasteiger partial charge is 0.506 e. The second kappa shape index (κ2) is 3.13. The molecule has 0 radical (unpaired) electrons. The smallest absolute Gasteiger partial charge is 0.136 e. The number of hydrogen-bond acceptors (Lipinski definition) is 2. The Morgan fingerprint density at radius 3 is 2.64 bits per heavy atom. The minimum Gasteiger partial charge on any atom is -0.506 e. The standard InChI is InChI=1S/C8H9BrO2/c1-5-3-4-6(11-2)7(9)8(5)10/h3-4,10H,1-2H3. The molecule has 0 amide bonds. The summed E-state index contributed by atoms with van der Waals surface area (Å²) in [6, 6.07) is 3.61. The Kier molecular flexibility index (Phi) is 2.39. The summed E-state index contributed by atoms with van der Waals surface area (Å²) in [6.45, 7) is 1.83. The predicted molar refractivity (Wildman–Crippen MR) is 47.1 cm³/mol. The van der Waals surface area contributed by atoms with Crippen molar-refractivity contribution in [2.45, 2.75) is 6.92 Å². The molecule has 0 saturated carbocycles. The first-order valence-electron chi connectivity index (χ1n) is 3.19. The van der Waals surface area contributed by atoms with Gasteiger partial charge in [0, 0.05) is 0 Å². The van der Waals surface area contributed by atoms with Gasteiger partial charge in [-0.1, -0.05) is 6.07 Å². The molecule has 0 aromatic heterocycles. The number of halogens is 1. The average molecular weight is 217 g/mol. The molecule has 0 saturated heterocycles. The summed E-state index contributed by atoms with van der Waals surface area (Å²) in [5, 5.41) is 9.39. The van der Waals surface area contributed by atoms with Crippen molar-refractivity contribution in [3.05, 3.63) is 22.2 Å². The molecule has 1 rings (SSSR count). The van der Waals surface area contributed by atoms with Crippen molar-refractivity contribution in [2.75, 3.05) is 7.11 Å². The van der Waals surface area contributed by atoms with E-state index < -0.39 is 0 Å². The van der Waals surface area contributed by atoms with Gasteiger partial charge in [-0.05, 0) is 34.5 Å². The van der Waals surface area contributed by atoms with E-state index in [1.54, 1.807) is 19.2 Å². The van der Waals surface area contributed by atoms with Gasteiger partial charge in [0.25, 0.3) is 0 Å². The van der Waals surface area contributed by atoms with Crippen molar-refractivity contribution >= 4 is 15.9 Å². The minimum absolute atomic E-state index is 0.240. The van der Waals surface area contributed by atoms with Crippen LogP contribution >= 0.6 is 15.9 Å². The number of aromatic hydroxyl groups is 1. The van der Waals surface area contributed by atoms with Gasteiger partial charge in [0.15, 0.2) is 0 Å². The topological polar surface area (TPSA) is 29.5 Å². The van der Waals surface area contributed by atoms with E-state index in [0.29, 0.717) is 10.2 Å². The van der Waals surface area contributed by atoms with Crippen molar-refractivity contribution in [3.63, 3.8) is 0 Å². The molecule has 0 fully saturated rings. The molecule has 0 bridgehead atoms. The molecular weight excluding hydrogens is 208 g/mol. The predicted octanol–water partition coefficient (Wildman–Crippen LogP) is 2.47. The van der Waals surface area contributed by atoms with E-state index in [1.807, 2.05) is 6.92 Å². The Morgan fingerprint density at radius 1 is 1.45 bits per heavy atom. The first-order valence-corrected chi connectivity index (χ1v) is 3.98. The number of rotatable bonds is 1. The maximum absolute atomic E-state index is 9.39. The summed E-state index contributed by atoms with van der Waals surface area (Å²) in [5.74, 6) is 0.887. The first-order chi connectivity index (χ1) is 5.16. The van der Waals surface area contributed by atoms with E-state index in [4.69, 9.17) is 4.74 Å². The average Bonchev–Trinajstić information content (AvgIpc) is 2.01. The third kappa shape index (κ3) is 1.48. The van der Waals surface area contributed by atoms with Crippen LogP contribution < -0.4 is 4.74 Å². The maximum Gasteiger partial charge on any atom is 0.136 e. The van der Waals surface area contributed by atoms with E-state index in [1.165, 1.54) is 0 Å². The summed E-state index contributed by atoms with van der Waals surface area (Å²) in [5.41, 5.74) is 0.831. The highest BCUT2D eigenvalue weighted by Crippen LogP contribution is 2.35. The number of benzene rings is 1. The Morgan fingerprint density at radius 2 is 2.09 bits per heavy atom. The molecule has 11 heavy (non-hydrogen) atoms. The summed E-state index contributed by atoms with van der Waals surface area (Å²) in [4.78, 5) is 0. The lowest BCUT2D eigenvalue weighted by Crippen LogP contribution is -1.85. The molecular formula is C8H9BrO2. The molecule has 2 nitrogen and oxygen atoms in total. The van der Waals surface area contributed by atoms with Gasteiger partial charge in [-0.15, -0.1) is 0 Å². The third-order valence-corrected chi connectivity index (χ3v) is 2.27. The number of hydrogen-bond donors (Lipinski definition) is 1. The second-order valence-corrected chi connectivity index (χ2v) is 3.04. The zero-order chi connectivity index (χ0) is 8.43. The van der Waals surface area contributed by atoms with Gasteiger partial charge in [0.05, 0.1) is 7.11 Å². The van der Waals surface area contributed by atoms with Crippen molar-refractivity contribution in [1.82, 2.24) is 0 Å². The first kappa shape index (κ1) is 8.40. The number of methoxy groups -OCH3 is 1. The van der Waals surface area contributed by atoms with E-state index in [2.05, 4.69) is 15.9 Å². The zero-order valence-electron chi connectivity index (χ0n) is 6.39. The molecule has 0 heterocycles. The lowest BCUT2D eigenvalue weighted by molar-refractivity contribution is 0.402. The van der Waals surface area contributed by atoms with Gasteiger partial charge in [0.2, 0.25) is 0 Å². The van der Waals surface area contributed by atoms with Gasteiger partial charge in [0.1, 0.15) is 16.0 Å². The number of ether oxygens (including phenoxy) is 1. The Bertz CT molecular complexity index is 271. The Balaban J connectivity index is 3.25. The third-order valence-electron chi connectivity index (χ3n) is 1.50. The normalized spacial score (nSPS) is 9.73. The fraction of sp³-hybridized carbons (Fsp3) is 0.250. The molecule has 0 aliphatic carbocycles. The van der Waals surface area contributed by atoms with Crippen molar-refractivity contribution in [1.29, 1.82) is 0 Å². The van der Waals surface area contributed by atoms with Crippen LogP contribution in [0.25, 0.3) is 0 Å². The maximum atomic E-state index is 9.39. The van der Waals surface area contributed by atoms with Crippen molar-refractivity contribution in [2.24, 2.45) is 0 Å². The highest BCUT2D eigenvalue weighted by molar-refractivity contribution is 9.10. The van der Waals surface area contributed by atoms with Crippen LogP contribution in [0.1, 0.15) is 5.56 Å². The molecule has 0 unspecified atom stereocenters. The Hall–Kier alpha value is -0.700. The molecule has 1 aromatic rings. The minimum atomic E-state index is 0.240. The Labute approximate surface area is 73.9 Å². The van der Waals surface area contributed by atoms with Gasteiger partial charge >= 0.3 is 0 Å². The number of aryl methyl sites for hydroxylation is 1. The molecule has 0 aliphatic heterocycles. The van der Waals surface area contributed by atoms with E-state index in [0.717, 1.165) is 5.56 Å². The quantitative estimate of drug-likeness (QED) is 0.782.